The molecule has 0 aliphatic carbocycles. The first-order valence-electron chi connectivity index (χ1n) is 10.3. The standard InChI is InChI=1S/C26H23NO6/c1-17-8-11-21(30-2)20(14-17)27-26(29)25(19-6-4-3-5-7-19)33-24(28)13-10-18-9-12-22-23(15-18)32-16-31-22/h3-15,25H,16H2,1-2H3,(H,27,29)/b13-10+/t25-/m0/s1. The number of methoxy groups -OCH3 is 1. The molecule has 1 N–H and O–H groups in total. The number of carbonyl (C=O) groups is 2. The number of anilines is 1. The SMILES string of the molecule is COc1ccc(C)cc1NC(=O)[C@@H](OC(=O)/C=C/c1ccc2c(c1)OCO2)c1ccccc1. The summed E-state index contributed by atoms with van der Waals surface area (Å²) in [5.41, 5.74) is 2.73. The summed E-state index contributed by atoms with van der Waals surface area (Å²) in [4.78, 5) is 25.7. The van der Waals surface area contributed by atoms with E-state index in [9.17, 15) is 9.59 Å². The Morgan fingerprint density at radius 1 is 1.00 bits per heavy atom. The van der Waals surface area contributed by atoms with Crippen LogP contribution < -0.4 is 19.5 Å². The second-order valence-electron chi connectivity index (χ2n) is 7.37. The lowest BCUT2D eigenvalue weighted by Gasteiger charge is -2.18. The fourth-order valence-corrected chi connectivity index (χ4v) is 3.36. The molecule has 3 aromatic carbocycles. The van der Waals surface area contributed by atoms with E-state index in [-0.39, 0.29) is 6.79 Å². The van der Waals surface area contributed by atoms with Gasteiger partial charge in [-0.05, 0) is 48.4 Å². The zero-order chi connectivity index (χ0) is 23.2. The molecule has 3 aromatic rings. The van der Waals surface area contributed by atoms with Crippen molar-refractivity contribution < 1.29 is 28.5 Å². The average Bonchev–Trinajstić information content (AvgIpc) is 3.30. The van der Waals surface area contributed by atoms with Crippen molar-refractivity contribution in [2.75, 3.05) is 19.2 Å². The van der Waals surface area contributed by atoms with Crippen LogP contribution in [0.2, 0.25) is 0 Å². The number of carbonyl (C=O) groups excluding carboxylic acids is 2. The molecule has 0 saturated carbocycles. The summed E-state index contributed by atoms with van der Waals surface area (Å²) in [6, 6.07) is 19.6. The molecule has 4 rings (SSSR count). The maximum Gasteiger partial charge on any atom is 0.331 e. The first-order chi connectivity index (χ1) is 16.0. The Bertz CT molecular complexity index is 1190. The lowest BCUT2D eigenvalue weighted by Crippen LogP contribution is -2.25. The second kappa shape index (κ2) is 9.91. The van der Waals surface area contributed by atoms with Crippen molar-refractivity contribution >= 4 is 23.6 Å². The number of ether oxygens (including phenoxy) is 4. The van der Waals surface area contributed by atoms with Crippen molar-refractivity contribution in [2.45, 2.75) is 13.0 Å². The number of amides is 1. The van der Waals surface area contributed by atoms with Gasteiger partial charge in [0.05, 0.1) is 12.8 Å². The minimum atomic E-state index is -1.15. The highest BCUT2D eigenvalue weighted by atomic mass is 16.7. The van der Waals surface area contributed by atoms with Gasteiger partial charge in [0, 0.05) is 11.6 Å². The van der Waals surface area contributed by atoms with Crippen LogP contribution in [-0.4, -0.2) is 25.8 Å². The Morgan fingerprint density at radius 2 is 1.79 bits per heavy atom. The fourth-order valence-electron chi connectivity index (χ4n) is 3.36. The first-order valence-corrected chi connectivity index (χ1v) is 10.3. The zero-order valence-corrected chi connectivity index (χ0v) is 18.2. The molecule has 0 aromatic heterocycles. The number of benzene rings is 3. The van der Waals surface area contributed by atoms with Gasteiger partial charge in [-0.25, -0.2) is 4.79 Å². The van der Waals surface area contributed by atoms with Gasteiger partial charge in [0.1, 0.15) is 5.75 Å². The van der Waals surface area contributed by atoms with Crippen LogP contribution in [0.15, 0.2) is 72.8 Å². The highest BCUT2D eigenvalue weighted by molar-refractivity contribution is 5.98. The minimum Gasteiger partial charge on any atom is -0.495 e. The number of rotatable bonds is 7. The van der Waals surface area contributed by atoms with E-state index in [2.05, 4.69) is 5.32 Å². The molecular formula is C26H23NO6. The van der Waals surface area contributed by atoms with E-state index in [1.807, 2.05) is 19.1 Å². The molecule has 0 radical (unpaired) electrons. The van der Waals surface area contributed by atoms with Gasteiger partial charge in [-0.1, -0.05) is 42.5 Å². The molecular weight excluding hydrogens is 422 g/mol. The quantitative estimate of drug-likeness (QED) is 0.420. The third kappa shape index (κ3) is 5.33. The summed E-state index contributed by atoms with van der Waals surface area (Å²) in [5.74, 6) is 0.624. The molecule has 1 heterocycles. The van der Waals surface area contributed by atoms with Gasteiger partial charge < -0.3 is 24.3 Å². The molecule has 7 heteroatoms. The van der Waals surface area contributed by atoms with E-state index in [0.29, 0.717) is 28.5 Å². The Labute approximate surface area is 191 Å². The van der Waals surface area contributed by atoms with E-state index in [0.717, 1.165) is 11.1 Å². The number of esters is 1. The van der Waals surface area contributed by atoms with Gasteiger partial charge in [0.2, 0.25) is 12.9 Å². The van der Waals surface area contributed by atoms with Crippen LogP contribution >= 0.6 is 0 Å². The highest BCUT2D eigenvalue weighted by Gasteiger charge is 2.25. The van der Waals surface area contributed by atoms with Crippen molar-refractivity contribution in [1.29, 1.82) is 0 Å². The average molecular weight is 445 g/mol. The summed E-state index contributed by atoms with van der Waals surface area (Å²) in [7, 11) is 1.52. The molecule has 33 heavy (non-hydrogen) atoms. The largest absolute Gasteiger partial charge is 0.495 e. The van der Waals surface area contributed by atoms with Crippen LogP contribution in [0.25, 0.3) is 6.08 Å². The maximum absolute atomic E-state index is 13.1. The van der Waals surface area contributed by atoms with Gasteiger partial charge in [-0.3, -0.25) is 4.79 Å². The molecule has 0 bridgehead atoms. The van der Waals surface area contributed by atoms with Crippen molar-refractivity contribution in [3.05, 3.63) is 89.5 Å². The lowest BCUT2D eigenvalue weighted by atomic mass is 10.1. The molecule has 1 aliphatic rings. The molecule has 0 unspecified atom stereocenters. The summed E-state index contributed by atoms with van der Waals surface area (Å²) in [5, 5.41) is 2.81. The number of hydrogen-bond acceptors (Lipinski definition) is 6. The van der Waals surface area contributed by atoms with E-state index in [4.69, 9.17) is 18.9 Å². The minimum absolute atomic E-state index is 0.171. The van der Waals surface area contributed by atoms with Crippen LogP contribution in [-0.2, 0) is 14.3 Å². The Kier molecular flexibility index (Phi) is 6.59. The van der Waals surface area contributed by atoms with E-state index < -0.39 is 18.0 Å². The van der Waals surface area contributed by atoms with Crippen LogP contribution in [0.1, 0.15) is 22.8 Å². The molecule has 168 valence electrons. The monoisotopic (exact) mass is 445 g/mol. The lowest BCUT2D eigenvalue weighted by molar-refractivity contribution is -0.149. The smallest absolute Gasteiger partial charge is 0.331 e. The molecule has 1 amide bonds. The molecule has 0 spiro atoms. The fraction of sp³-hybridized carbons (Fsp3) is 0.154. The Hall–Kier alpha value is -4.26. The molecule has 1 atom stereocenters. The maximum atomic E-state index is 13.1. The van der Waals surface area contributed by atoms with Gasteiger partial charge in [-0.2, -0.15) is 0 Å². The predicted molar refractivity (Wildman–Crippen MR) is 123 cm³/mol. The number of nitrogens with one attached hydrogen (secondary N) is 1. The second-order valence-corrected chi connectivity index (χ2v) is 7.37. The summed E-state index contributed by atoms with van der Waals surface area (Å²) < 4.78 is 21.5. The predicted octanol–water partition coefficient (Wildman–Crippen LogP) is 4.67. The zero-order valence-electron chi connectivity index (χ0n) is 18.2. The first kappa shape index (κ1) is 22.0. The van der Waals surface area contributed by atoms with Crippen molar-refractivity contribution in [2.24, 2.45) is 0 Å². The van der Waals surface area contributed by atoms with Crippen molar-refractivity contribution in [3.63, 3.8) is 0 Å². The van der Waals surface area contributed by atoms with E-state index >= 15 is 0 Å². The van der Waals surface area contributed by atoms with Crippen LogP contribution in [0.4, 0.5) is 5.69 Å². The number of hydrogen-bond donors (Lipinski definition) is 1. The number of aryl methyl sites for hydroxylation is 1. The third-order valence-corrected chi connectivity index (χ3v) is 5.00. The molecule has 0 saturated heterocycles. The van der Waals surface area contributed by atoms with Gasteiger partial charge in [0.25, 0.3) is 5.91 Å². The van der Waals surface area contributed by atoms with E-state index in [1.165, 1.54) is 13.2 Å². The van der Waals surface area contributed by atoms with Crippen molar-refractivity contribution in [1.82, 2.24) is 0 Å². The van der Waals surface area contributed by atoms with Crippen LogP contribution in [0, 0.1) is 6.92 Å². The highest BCUT2D eigenvalue weighted by Crippen LogP contribution is 2.33. The topological polar surface area (TPSA) is 83.1 Å². The molecule has 7 nitrogen and oxygen atoms in total. The molecule has 0 fully saturated rings. The Morgan fingerprint density at radius 3 is 2.58 bits per heavy atom. The third-order valence-electron chi connectivity index (χ3n) is 5.00. The molecule has 1 aliphatic heterocycles. The van der Waals surface area contributed by atoms with E-state index in [1.54, 1.807) is 60.7 Å². The number of fused-ring (bicyclic) bond motifs is 1. The van der Waals surface area contributed by atoms with Crippen molar-refractivity contribution in [3.8, 4) is 17.2 Å². The normalized spacial score (nSPS) is 12.9. The summed E-state index contributed by atoms with van der Waals surface area (Å²) >= 11 is 0. The van der Waals surface area contributed by atoms with Crippen LogP contribution in [0.5, 0.6) is 17.2 Å². The van der Waals surface area contributed by atoms with Gasteiger partial charge in [-0.15, -0.1) is 0 Å². The summed E-state index contributed by atoms with van der Waals surface area (Å²) in [6.07, 6.45) is 1.72. The van der Waals surface area contributed by atoms with Gasteiger partial charge >= 0.3 is 5.97 Å². The Balaban J connectivity index is 1.52. The van der Waals surface area contributed by atoms with Crippen LogP contribution in [0.3, 0.4) is 0 Å². The van der Waals surface area contributed by atoms with Gasteiger partial charge in [0.15, 0.2) is 11.5 Å². The summed E-state index contributed by atoms with van der Waals surface area (Å²) in [6.45, 7) is 2.08.